The third-order valence-electron chi connectivity index (χ3n) is 3.72. The number of hydrogen-bond acceptors (Lipinski definition) is 2. The minimum Gasteiger partial charge on any atom is -0.349 e. The van der Waals surface area contributed by atoms with E-state index in [1.807, 2.05) is 12.1 Å². The summed E-state index contributed by atoms with van der Waals surface area (Å²) >= 11 is 9.48. The van der Waals surface area contributed by atoms with Crippen LogP contribution < -0.4 is 11.1 Å². The standard InChI is InChI=1S/C14H18BrClN2O.ClH/c15-11-6-3-5-10(13(11)16)14(19)18-12-7-2-1-4-9(12)8-17;/h3,5-6,9,12H,1-2,4,7-8,17H2,(H,18,19);1H. The van der Waals surface area contributed by atoms with Crippen molar-refractivity contribution < 1.29 is 4.79 Å². The van der Waals surface area contributed by atoms with E-state index in [2.05, 4.69) is 21.2 Å². The first-order valence-electron chi connectivity index (χ1n) is 6.58. The van der Waals surface area contributed by atoms with Crippen LogP contribution in [0.15, 0.2) is 22.7 Å². The number of rotatable bonds is 3. The number of halogens is 3. The van der Waals surface area contributed by atoms with Crippen molar-refractivity contribution in [2.75, 3.05) is 6.54 Å². The van der Waals surface area contributed by atoms with Crippen molar-refractivity contribution in [2.24, 2.45) is 11.7 Å². The van der Waals surface area contributed by atoms with Gasteiger partial charge in [-0.05, 0) is 53.4 Å². The van der Waals surface area contributed by atoms with E-state index in [-0.39, 0.29) is 24.4 Å². The number of nitrogens with one attached hydrogen (secondary N) is 1. The van der Waals surface area contributed by atoms with Crippen LogP contribution in [0, 0.1) is 5.92 Å². The molecule has 112 valence electrons. The van der Waals surface area contributed by atoms with Gasteiger partial charge in [0.15, 0.2) is 0 Å². The highest BCUT2D eigenvalue weighted by atomic mass is 79.9. The largest absolute Gasteiger partial charge is 0.349 e. The Morgan fingerprint density at radius 3 is 2.80 bits per heavy atom. The highest BCUT2D eigenvalue weighted by molar-refractivity contribution is 9.10. The zero-order chi connectivity index (χ0) is 13.8. The lowest BCUT2D eigenvalue weighted by Crippen LogP contribution is -2.44. The number of benzene rings is 1. The lowest BCUT2D eigenvalue weighted by atomic mass is 9.84. The number of carbonyl (C=O) groups is 1. The quantitative estimate of drug-likeness (QED) is 0.837. The van der Waals surface area contributed by atoms with Crippen LogP contribution >= 0.6 is 39.9 Å². The SMILES string of the molecule is Cl.NCC1CCCCC1NC(=O)c1cccc(Br)c1Cl. The molecule has 1 saturated carbocycles. The van der Waals surface area contributed by atoms with Gasteiger partial charge in [-0.3, -0.25) is 4.79 Å². The summed E-state index contributed by atoms with van der Waals surface area (Å²) in [4.78, 5) is 12.3. The molecule has 0 aliphatic heterocycles. The highest BCUT2D eigenvalue weighted by Gasteiger charge is 2.26. The summed E-state index contributed by atoms with van der Waals surface area (Å²) in [5.74, 6) is 0.264. The molecular weight excluding hydrogens is 363 g/mol. The Morgan fingerprint density at radius 2 is 2.10 bits per heavy atom. The molecule has 2 atom stereocenters. The molecule has 0 spiro atoms. The molecule has 0 aromatic heterocycles. The van der Waals surface area contributed by atoms with Gasteiger partial charge in [0.25, 0.3) is 5.91 Å². The normalized spacial score (nSPS) is 21.9. The fourth-order valence-corrected chi connectivity index (χ4v) is 3.18. The zero-order valence-electron chi connectivity index (χ0n) is 11.1. The first kappa shape index (κ1) is 17.8. The van der Waals surface area contributed by atoms with Crippen molar-refractivity contribution in [1.29, 1.82) is 0 Å². The van der Waals surface area contributed by atoms with Crippen LogP contribution in [-0.2, 0) is 0 Å². The van der Waals surface area contributed by atoms with Crippen LogP contribution in [0.2, 0.25) is 5.02 Å². The minimum absolute atomic E-state index is 0. The minimum atomic E-state index is -0.114. The van der Waals surface area contributed by atoms with Gasteiger partial charge in [-0.15, -0.1) is 12.4 Å². The Bertz CT molecular complexity index is 470. The maximum absolute atomic E-state index is 12.3. The van der Waals surface area contributed by atoms with Gasteiger partial charge >= 0.3 is 0 Å². The Labute approximate surface area is 139 Å². The van der Waals surface area contributed by atoms with E-state index in [0.29, 0.717) is 23.0 Å². The van der Waals surface area contributed by atoms with Crippen LogP contribution in [0.3, 0.4) is 0 Å². The molecule has 1 aromatic carbocycles. The van der Waals surface area contributed by atoms with Crippen LogP contribution in [-0.4, -0.2) is 18.5 Å². The molecule has 0 radical (unpaired) electrons. The maximum atomic E-state index is 12.3. The number of hydrogen-bond donors (Lipinski definition) is 2. The molecule has 0 bridgehead atoms. The summed E-state index contributed by atoms with van der Waals surface area (Å²) in [6, 6.07) is 5.54. The molecule has 6 heteroatoms. The van der Waals surface area contributed by atoms with Gasteiger partial charge in [0, 0.05) is 10.5 Å². The van der Waals surface area contributed by atoms with E-state index < -0.39 is 0 Å². The predicted octanol–water partition coefficient (Wildman–Crippen LogP) is 3.77. The molecule has 1 amide bonds. The lowest BCUT2D eigenvalue weighted by Gasteiger charge is -2.31. The van der Waals surface area contributed by atoms with E-state index in [4.69, 9.17) is 17.3 Å². The first-order chi connectivity index (χ1) is 9.13. The molecule has 3 nitrogen and oxygen atoms in total. The predicted molar refractivity (Wildman–Crippen MR) is 88.7 cm³/mol. The van der Waals surface area contributed by atoms with E-state index >= 15 is 0 Å². The number of amides is 1. The molecule has 2 unspecified atom stereocenters. The molecule has 0 saturated heterocycles. The Kier molecular flexibility index (Phi) is 7.30. The summed E-state index contributed by atoms with van der Waals surface area (Å²) in [5.41, 5.74) is 6.29. The van der Waals surface area contributed by atoms with Crippen LogP contribution in [0.25, 0.3) is 0 Å². The monoisotopic (exact) mass is 380 g/mol. The van der Waals surface area contributed by atoms with Gasteiger partial charge in [-0.1, -0.05) is 30.5 Å². The molecule has 1 aliphatic rings. The second-order valence-electron chi connectivity index (χ2n) is 4.96. The summed E-state index contributed by atoms with van der Waals surface area (Å²) in [7, 11) is 0. The van der Waals surface area contributed by atoms with Crippen molar-refractivity contribution in [1.82, 2.24) is 5.32 Å². The molecular formula is C14H19BrCl2N2O. The number of carbonyl (C=O) groups excluding carboxylic acids is 1. The van der Waals surface area contributed by atoms with Crippen molar-refractivity contribution in [3.63, 3.8) is 0 Å². The molecule has 0 heterocycles. The Balaban J connectivity index is 0.00000200. The second-order valence-corrected chi connectivity index (χ2v) is 6.19. The number of nitrogens with two attached hydrogens (primary N) is 1. The Hall–Kier alpha value is -0.290. The third-order valence-corrected chi connectivity index (χ3v) is 5.02. The fraction of sp³-hybridized carbons (Fsp3) is 0.500. The zero-order valence-corrected chi connectivity index (χ0v) is 14.2. The average Bonchev–Trinajstić information content (AvgIpc) is 2.42. The molecule has 1 fully saturated rings. The maximum Gasteiger partial charge on any atom is 0.253 e. The summed E-state index contributed by atoms with van der Waals surface area (Å²) < 4.78 is 0.737. The topological polar surface area (TPSA) is 55.1 Å². The lowest BCUT2D eigenvalue weighted by molar-refractivity contribution is 0.0908. The second kappa shape index (κ2) is 8.23. The van der Waals surface area contributed by atoms with Crippen molar-refractivity contribution in [3.8, 4) is 0 Å². The molecule has 1 aliphatic carbocycles. The van der Waals surface area contributed by atoms with Gasteiger partial charge in [0.1, 0.15) is 0 Å². The van der Waals surface area contributed by atoms with Gasteiger partial charge < -0.3 is 11.1 Å². The summed E-state index contributed by atoms with van der Waals surface area (Å²) in [5, 5.41) is 3.54. The van der Waals surface area contributed by atoms with Crippen LogP contribution in [0.4, 0.5) is 0 Å². The van der Waals surface area contributed by atoms with Crippen molar-refractivity contribution in [3.05, 3.63) is 33.3 Å². The summed E-state index contributed by atoms with van der Waals surface area (Å²) in [6.45, 7) is 0.622. The van der Waals surface area contributed by atoms with Gasteiger partial charge in [0.2, 0.25) is 0 Å². The van der Waals surface area contributed by atoms with E-state index in [0.717, 1.165) is 23.7 Å². The average molecular weight is 382 g/mol. The Morgan fingerprint density at radius 1 is 1.40 bits per heavy atom. The van der Waals surface area contributed by atoms with Crippen molar-refractivity contribution >= 4 is 45.8 Å². The van der Waals surface area contributed by atoms with E-state index in [1.54, 1.807) is 6.07 Å². The molecule has 2 rings (SSSR count). The van der Waals surface area contributed by atoms with E-state index in [1.165, 1.54) is 6.42 Å². The first-order valence-corrected chi connectivity index (χ1v) is 7.75. The van der Waals surface area contributed by atoms with Crippen LogP contribution in [0.1, 0.15) is 36.0 Å². The third kappa shape index (κ3) is 4.10. The smallest absolute Gasteiger partial charge is 0.253 e. The van der Waals surface area contributed by atoms with Gasteiger partial charge in [0.05, 0.1) is 10.6 Å². The molecule has 1 aromatic rings. The van der Waals surface area contributed by atoms with Gasteiger partial charge in [-0.25, -0.2) is 0 Å². The highest BCUT2D eigenvalue weighted by Crippen LogP contribution is 2.27. The van der Waals surface area contributed by atoms with Gasteiger partial charge in [-0.2, -0.15) is 0 Å². The van der Waals surface area contributed by atoms with E-state index in [9.17, 15) is 4.79 Å². The molecule has 3 N–H and O–H groups in total. The molecule has 20 heavy (non-hydrogen) atoms. The van der Waals surface area contributed by atoms with Crippen LogP contribution in [0.5, 0.6) is 0 Å². The summed E-state index contributed by atoms with van der Waals surface area (Å²) in [6.07, 6.45) is 4.44. The fourth-order valence-electron chi connectivity index (χ4n) is 2.61. The van der Waals surface area contributed by atoms with Crippen molar-refractivity contribution in [2.45, 2.75) is 31.7 Å².